The number of aromatic nitrogens is 2. The maximum Gasteiger partial charge on any atom is 0.120 e. The van der Waals surface area contributed by atoms with Crippen LogP contribution < -0.4 is 4.74 Å². The van der Waals surface area contributed by atoms with Gasteiger partial charge in [-0.1, -0.05) is 30.3 Å². The summed E-state index contributed by atoms with van der Waals surface area (Å²) in [4.78, 5) is 2.22. The molecule has 0 radical (unpaired) electrons. The second-order valence-electron chi connectivity index (χ2n) is 6.33. The Balaban J connectivity index is 1.25. The first kappa shape index (κ1) is 15.2. The van der Waals surface area contributed by atoms with Crippen LogP contribution in [0.4, 0.5) is 0 Å². The quantitative estimate of drug-likeness (QED) is 0.756. The largest absolute Gasteiger partial charge is 0.491 e. The van der Waals surface area contributed by atoms with Crippen molar-refractivity contribution in [2.75, 3.05) is 26.2 Å². The Morgan fingerprint density at radius 1 is 1.12 bits per heavy atom. The van der Waals surface area contributed by atoms with E-state index in [1.54, 1.807) is 6.20 Å². The Kier molecular flexibility index (Phi) is 4.19. The molecule has 1 fully saturated rings. The Bertz CT molecular complexity index is 797. The first-order valence-electron chi connectivity index (χ1n) is 8.29. The molecular weight excluding hydrogens is 302 g/mol. The van der Waals surface area contributed by atoms with Crippen molar-refractivity contribution >= 4 is 10.8 Å². The van der Waals surface area contributed by atoms with Crippen molar-refractivity contribution in [3.63, 3.8) is 0 Å². The lowest BCUT2D eigenvalue weighted by Crippen LogP contribution is -2.51. The van der Waals surface area contributed by atoms with Gasteiger partial charge in [-0.05, 0) is 29.0 Å². The number of likely N-dealkylation sites (tertiary alicyclic amines) is 1. The molecular formula is C19H21N3O2. The van der Waals surface area contributed by atoms with Gasteiger partial charge in [-0.3, -0.25) is 9.58 Å². The van der Waals surface area contributed by atoms with Crippen molar-refractivity contribution in [2.45, 2.75) is 12.1 Å². The predicted octanol–water partition coefficient (Wildman–Crippen LogP) is 2.33. The van der Waals surface area contributed by atoms with Gasteiger partial charge in [-0.2, -0.15) is 5.10 Å². The number of benzene rings is 2. The van der Waals surface area contributed by atoms with Gasteiger partial charge in [0.15, 0.2) is 0 Å². The second kappa shape index (κ2) is 6.63. The molecule has 1 aromatic heterocycles. The van der Waals surface area contributed by atoms with E-state index in [9.17, 15) is 5.11 Å². The smallest absolute Gasteiger partial charge is 0.120 e. The number of hydrogen-bond donors (Lipinski definition) is 1. The molecule has 5 heteroatoms. The maximum atomic E-state index is 10.2. The zero-order valence-corrected chi connectivity index (χ0v) is 13.5. The van der Waals surface area contributed by atoms with Crippen LogP contribution in [0, 0.1) is 0 Å². The summed E-state index contributed by atoms with van der Waals surface area (Å²) in [6.45, 7) is 2.79. The topological polar surface area (TPSA) is 50.5 Å². The van der Waals surface area contributed by atoms with Gasteiger partial charge in [0.1, 0.15) is 18.5 Å². The average molecular weight is 323 g/mol. The SMILES string of the molecule is OC(COc1ccc2ccccc2c1)CN1CC(n2cccn2)C1. The lowest BCUT2D eigenvalue weighted by molar-refractivity contribution is 0.0205. The summed E-state index contributed by atoms with van der Waals surface area (Å²) in [5, 5.41) is 16.8. The molecule has 2 aromatic carbocycles. The van der Waals surface area contributed by atoms with Crippen LogP contribution in [0.3, 0.4) is 0 Å². The number of fused-ring (bicyclic) bond motifs is 1. The van der Waals surface area contributed by atoms with Crippen LogP contribution in [0.25, 0.3) is 10.8 Å². The summed E-state index contributed by atoms with van der Waals surface area (Å²) in [6.07, 6.45) is 3.30. The first-order valence-corrected chi connectivity index (χ1v) is 8.29. The van der Waals surface area contributed by atoms with E-state index in [1.165, 1.54) is 5.39 Å². The monoisotopic (exact) mass is 323 g/mol. The molecule has 4 rings (SSSR count). The summed E-state index contributed by atoms with van der Waals surface area (Å²) in [5.74, 6) is 0.797. The van der Waals surface area contributed by atoms with Gasteiger partial charge in [0.05, 0.1) is 6.04 Å². The molecule has 1 atom stereocenters. The van der Waals surface area contributed by atoms with Gasteiger partial charge >= 0.3 is 0 Å². The second-order valence-corrected chi connectivity index (χ2v) is 6.33. The summed E-state index contributed by atoms with van der Waals surface area (Å²) in [5.41, 5.74) is 0. The summed E-state index contributed by atoms with van der Waals surface area (Å²) in [7, 11) is 0. The van der Waals surface area contributed by atoms with Crippen molar-refractivity contribution in [1.82, 2.24) is 14.7 Å². The molecule has 124 valence electrons. The van der Waals surface area contributed by atoms with Crippen LogP contribution in [-0.4, -0.2) is 52.1 Å². The van der Waals surface area contributed by atoms with Gasteiger partial charge in [-0.25, -0.2) is 0 Å². The van der Waals surface area contributed by atoms with Gasteiger partial charge in [0.25, 0.3) is 0 Å². The lowest BCUT2D eigenvalue weighted by Gasteiger charge is -2.40. The average Bonchev–Trinajstić information content (AvgIpc) is 3.09. The molecule has 5 nitrogen and oxygen atoms in total. The van der Waals surface area contributed by atoms with Crippen molar-refractivity contribution in [3.05, 3.63) is 60.9 Å². The Morgan fingerprint density at radius 3 is 2.75 bits per heavy atom. The van der Waals surface area contributed by atoms with E-state index in [-0.39, 0.29) is 0 Å². The number of ether oxygens (including phenoxy) is 1. The predicted molar refractivity (Wildman–Crippen MR) is 93.2 cm³/mol. The third kappa shape index (κ3) is 3.27. The highest BCUT2D eigenvalue weighted by Gasteiger charge is 2.29. The number of hydrogen-bond acceptors (Lipinski definition) is 4. The van der Waals surface area contributed by atoms with Gasteiger partial charge in [-0.15, -0.1) is 0 Å². The fourth-order valence-corrected chi connectivity index (χ4v) is 3.16. The fourth-order valence-electron chi connectivity index (χ4n) is 3.16. The van der Waals surface area contributed by atoms with E-state index < -0.39 is 6.10 Å². The van der Waals surface area contributed by atoms with Crippen LogP contribution in [-0.2, 0) is 0 Å². The van der Waals surface area contributed by atoms with E-state index in [2.05, 4.69) is 22.1 Å². The molecule has 0 saturated carbocycles. The van der Waals surface area contributed by atoms with Crippen LogP contribution in [0.5, 0.6) is 5.75 Å². The molecule has 1 saturated heterocycles. The fraction of sp³-hybridized carbons (Fsp3) is 0.316. The van der Waals surface area contributed by atoms with E-state index in [0.29, 0.717) is 19.2 Å². The van der Waals surface area contributed by atoms with Crippen molar-refractivity contribution in [1.29, 1.82) is 0 Å². The standard InChI is InChI=1S/C19H21N3O2/c23-18(13-21-11-17(12-21)22-9-3-8-20-22)14-24-19-7-6-15-4-1-2-5-16(15)10-19/h1-10,17-18,23H,11-14H2. The van der Waals surface area contributed by atoms with E-state index >= 15 is 0 Å². The van der Waals surface area contributed by atoms with Gasteiger partial charge < -0.3 is 9.84 Å². The third-order valence-corrected chi connectivity index (χ3v) is 4.47. The van der Waals surface area contributed by atoms with Crippen LogP contribution >= 0.6 is 0 Å². The normalized spacial score (nSPS) is 16.9. The van der Waals surface area contributed by atoms with Crippen molar-refractivity contribution in [2.24, 2.45) is 0 Å². The minimum absolute atomic E-state index is 0.307. The molecule has 1 N–H and O–H groups in total. The molecule has 0 spiro atoms. The number of β-amino-alcohol motifs (C(OH)–C–C–N with tert-alkyl or cyclic N) is 1. The zero-order chi connectivity index (χ0) is 16.4. The van der Waals surface area contributed by atoms with Crippen LogP contribution in [0.2, 0.25) is 0 Å². The lowest BCUT2D eigenvalue weighted by atomic mass is 10.1. The summed E-state index contributed by atoms with van der Waals surface area (Å²) < 4.78 is 7.73. The maximum absolute atomic E-state index is 10.2. The molecule has 2 heterocycles. The highest BCUT2D eigenvalue weighted by molar-refractivity contribution is 5.83. The Labute approximate surface area is 141 Å². The molecule has 0 aliphatic carbocycles. The highest BCUT2D eigenvalue weighted by atomic mass is 16.5. The number of aliphatic hydroxyl groups is 1. The molecule has 24 heavy (non-hydrogen) atoms. The van der Waals surface area contributed by atoms with Crippen LogP contribution in [0.1, 0.15) is 6.04 Å². The first-order chi connectivity index (χ1) is 11.8. The molecule has 3 aromatic rings. The Hall–Kier alpha value is -2.37. The summed E-state index contributed by atoms with van der Waals surface area (Å²) in [6, 6.07) is 16.6. The minimum Gasteiger partial charge on any atom is -0.491 e. The molecule has 1 unspecified atom stereocenters. The van der Waals surface area contributed by atoms with Gasteiger partial charge in [0.2, 0.25) is 0 Å². The third-order valence-electron chi connectivity index (χ3n) is 4.47. The molecule has 0 bridgehead atoms. The van der Waals surface area contributed by atoms with E-state index in [1.807, 2.05) is 47.3 Å². The van der Waals surface area contributed by atoms with E-state index in [4.69, 9.17) is 4.74 Å². The number of nitrogens with zero attached hydrogens (tertiary/aromatic N) is 3. The van der Waals surface area contributed by atoms with E-state index in [0.717, 1.165) is 24.2 Å². The minimum atomic E-state index is -0.491. The van der Waals surface area contributed by atoms with Crippen molar-refractivity contribution in [3.8, 4) is 5.75 Å². The van der Waals surface area contributed by atoms with Crippen LogP contribution in [0.15, 0.2) is 60.9 Å². The zero-order valence-electron chi connectivity index (χ0n) is 13.5. The van der Waals surface area contributed by atoms with Crippen molar-refractivity contribution < 1.29 is 9.84 Å². The van der Waals surface area contributed by atoms with Gasteiger partial charge in [0, 0.05) is 32.0 Å². The number of rotatable bonds is 6. The molecule has 0 amide bonds. The Morgan fingerprint density at radius 2 is 1.96 bits per heavy atom. The highest BCUT2D eigenvalue weighted by Crippen LogP contribution is 2.22. The summed E-state index contributed by atoms with van der Waals surface area (Å²) >= 11 is 0. The molecule has 1 aliphatic heterocycles. The number of aliphatic hydroxyl groups excluding tert-OH is 1. The molecule has 1 aliphatic rings.